The summed E-state index contributed by atoms with van der Waals surface area (Å²) in [6, 6.07) is 6.80. The van der Waals surface area contributed by atoms with Crippen molar-refractivity contribution in [3.63, 3.8) is 0 Å². The van der Waals surface area contributed by atoms with Gasteiger partial charge in [-0.05, 0) is 50.5 Å². The van der Waals surface area contributed by atoms with Crippen LogP contribution in [0, 0.1) is 0 Å². The van der Waals surface area contributed by atoms with Gasteiger partial charge in [0.1, 0.15) is 5.75 Å². The van der Waals surface area contributed by atoms with Crippen molar-refractivity contribution in [3.05, 3.63) is 29.3 Å². The molecule has 8 heteroatoms. The molecule has 1 aromatic carbocycles. The minimum atomic E-state index is -3.16. The molecule has 1 aromatic rings. The van der Waals surface area contributed by atoms with Crippen molar-refractivity contribution in [2.24, 2.45) is 0 Å². The molecular formula is C17H25ClN2O4S. The molecule has 1 heterocycles. The second kappa shape index (κ2) is 8.87. The molecule has 0 bridgehead atoms. The van der Waals surface area contributed by atoms with E-state index in [4.69, 9.17) is 16.3 Å². The van der Waals surface area contributed by atoms with E-state index in [9.17, 15) is 13.2 Å². The Labute approximate surface area is 154 Å². The summed E-state index contributed by atoms with van der Waals surface area (Å²) in [5.41, 5.74) is 0. The summed E-state index contributed by atoms with van der Waals surface area (Å²) in [5, 5.41) is 3.55. The molecule has 1 saturated heterocycles. The molecule has 140 valence electrons. The van der Waals surface area contributed by atoms with Gasteiger partial charge in [-0.15, -0.1) is 0 Å². The normalized spacial score (nSPS) is 17.9. The molecule has 6 nitrogen and oxygen atoms in total. The van der Waals surface area contributed by atoms with Crippen molar-refractivity contribution in [1.29, 1.82) is 0 Å². The zero-order chi connectivity index (χ0) is 18.4. The van der Waals surface area contributed by atoms with E-state index in [2.05, 4.69) is 5.32 Å². The van der Waals surface area contributed by atoms with Crippen LogP contribution >= 0.6 is 11.6 Å². The molecule has 25 heavy (non-hydrogen) atoms. The van der Waals surface area contributed by atoms with Gasteiger partial charge in [0.25, 0.3) is 5.91 Å². The third-order valence-corrected chi connectivity index (χ3v) is 6.48. The molecule has 1 aliphatic rings. The van der Waals surface area contributed by atoms with Gasteiger partial charge in [-0.1, -0.05) is 18.5 Å². The molecule has 1 amide bonds. The van der Waals surface area contributed by atoms with Gasteiger partial charge in [0, 0.05) is 24.2 Å². The molecule has 0 aromatic heterocycles. The Hall–Kier alpha value is -1.31. The first-order chi connectivity index (χ1) is 11.8. The molecule has 1 N–H and O–H groups in total. The predicted octanol–water partition coefficient (Wildman–Crippen LogP) is 2.43. The summed E-state index contributed by atoms with van der Waals surface area (Å²) in [6.45, 7) is 4.43. The zero-order valence-electron chi connectivity index (χ0n) is 14.6. The fourth-order valence-electron chi connectivity index (χ4n) is 2.75. The lowest BCUT2D eigenvalue weighted by molar-refractivity contribution is -0.128. The van der Waals surface area contributed by atoms with Crippen molar-refractivity contribution >= 4 is 27.5 Å². The van der Waals surface area contributed by atoms with E-state index in [1.807, 2.05) is 6.92 Å². The van der Waals surface area contributed by atoms with Crippen LogP contribution in [0.2, 0.25) is 5.02 Å². The number of benzene rings is 1. The first-order valence-electron chi connectivity index (χ1n) is 8.52. The highest BCUT2D eigenvalue weighted by molar-refractivity contribution is 7.89. The Balaban J connectivity index is 1.80. The van der Waals surface area contributed by atoms with Crippen LogP contribution in [-0.4, -0.2) is 49.6 Å². The van der Waals surface area contributed by atoms with Gasteiger partial charge in [0.15, 0.2) is 6.10 Å². The van der Waals surface area contributed by atoms with Gasteiger partial charge in [-0.3, -0.25) is 4.79 Å². The van der Waals surface area contributed by atoms with E-state index in [-0.39, 0.29) is 17.7 Å². The highest BCUT2D eigenvalue weighted by Gasteiger charge is 2.29. The highest BCUT2D eigenvalue weighted by atomic mass is 35.5. The van der Waals surface area contributed by atoms with Gasteiger partial charge >= 0.3 is 0 Å². The molecule has 2 rings (SSSR count). The number of hydrogen-bond acceptors (Lipinski definition) is 4. The van der Waals surface area contributed by atoms with Crippen molar-refractivity contribution in [2.45, 2.75) is 45.3 Å². The van der Waals surface area contributed by atoms with Crippen LogP contribution in [0.25, 0.3) is 0 Å². The molecule has 1 unspecified atom stereocenters. The smallest absolute Gasteiger partial charge is 0.260 e. The first kappa shape index (κ1) is 20.0. The molecule has 0 spiro atoms. The Kier molecular flexibility index (Phi) is 7.10. The van der Waals surface area contributed by atoms with Crippen molar-refractivity contribution in [2.75, 3.05) is 18.8 Å². The van der Waals surface area contributed by atoms with Gasteiger partial charge in [0.2, 0.25) is 10.0 Å². The van der Waals surface area contributed by atoms with Crippen LogP contribution in [-0.2, 0) is 14.8 Å². The van der Waals surface area contributed by atoms with Crippen LogP contribution in [0.1, 0.15) is 33.1 Å². The van der Waals surface area contributed by atoms with Crippen LogP contribution in [0.3, 0.4) is 0 Å². The minimum absolute atomic E-state index is 0.0307. The first-order valence-corrected chi connectivity index (χ1v) is 10.5. The topological polar surface area (TPSA) is 75.7 Å². The second-order valence-corrected chi connectivity index (χ2v) is 8.74. The number of amides is 1. The average Bonchev–Trinajstić information content (AvgIpc) is 2.57. The molecule has 1 atom stereocenters. The SMILES string of the molecule is CCCS(=O)(=O)N1CCC(NC(=O)C(C)Oc2ccc(Cl)cc2)CC1. The molecule has 0 saturated carbocycles. The number of hydrogen-bond donors (Lipinski definition) is 1. The molecular weight excluding hydrogens is 364 g/mol. The van der Waals surface area contributed by atoms with E-state index < -0.39 is 16.1 Å². The maximum atomic E-state index is 12.3. The average molecular weight is 389 g/mol. The minimum Gasteiger partial charge on any atom is -0.481 e. The number of ether oxygens (including phenoxy) is 1. The van der Waals surface area contributed by atoms with Crippen molar-refractivity contribution in [1.82, 2.24) is 9.62 Å². The summed E-state index contributed by atoms with van der Waals surface area (Å²) < 4.78 is 31.2. The van der Waals surface area contributed by atoms with Gasteiger partial charge in [0.05, 0.1) is 5.75 Å². The fourth-order valence-corrected chi connectivity index (χ4v) is 4.42. The fraction of sp³-hybridized carbons (Fsp3) is 0.588. The standard InChI is InChI=1S/C17H25ClN2O4S/c1-3-12-25(22,23)20-10-8-15(9-11-20)19-17(21)13(2)24-16-6-4-14(18)5-7-16/h4-7,13,15H,3,8-12H2,1-2H3,(H,19,21). The van der Waals surface area contributed by atoms with E-state index in [1.165, 1.54) is 4.31 Å². The number of nitrogens with zero attached hydrogens (tertiary/aromatic N) is 1. The van der Waals surface area contributed by atoms with Crippen LogP contribution < -0.4 is 10.1 Å². The van der Waals surface area contributed by atoms with E-state index in [1.54, 1.807) is 31.2 Å². The summed E-state index contributed by atoms with van der Waals surface area (Å²) in [6.07, 6.45) is 1.20. The monoisotopic (exact) mass is 388 g/mol. The lowest BCUT2D eigenvalue weighted by Gasteiger charge is -2.32. The number of piperidine rings is 1. The van der Waals surface area contributed by atoms with Gasteiger partial charge in [-0.25, -0.2) is 12.7 Å². The lowest BCUT2D eigenvalue weighted by Crippen LogP contribution is -2.49. The predicted molar refractivity (Wildman–Crippen MR) is 98.4 cm³/mol. The Bertz CT molecular complexity index is 670. The number of rotatable bonds is 7. The molecule has 1 aliphatic heterocycles. The summed E-state index contributed by atoms with van der Waals surface area (Å²) in [5.74, 6) is 0.549. The van der Waals surface area contributed by atoms with E-state index in [0.29, 0.717) is 43.1 Å². The summed E-state index contributed by atoms with van der Waals surface area (Å²) >= 11 is 5.82. The van der Waals surface area contributed by atoms with Crippen LogP contribution in [0.4, 0.5) is 0 Å². The molecule has 0 aliphatic carbocycles. The quantitative estimate of drug-likeness (QED) is 0.778. The third-order valence-electron chi connectivity index (χ3n) is 4.15. The summed E-state index contributed by atoms with van der Waals surface area (Å²) in [7, 11) is -3.16. The Morgan fingerprint density at radius 2 is 1.92 bits per heavy atom. The largest absolute Gasteiger partial charge is 0.481 e. The number of carbonyl (C=O) groups is 1. The number of carbonyl (C=O) groups excluding carboxylic acids is 1. The second-order valence-electron chi connectivity index (χ2n) is 6.21. The van der Waals surface area contributed by atoms with E-state index >= 15 is 0 Å². The van der Waals surface area contributed by atoms with Crippen molar-refractivity contribution in [3.8, 4) is 5.75 Å². The van der Waals surface area contributed by atoms with E-state index in [0.717, 1.165) is 0 Å². The zero-order valence-corrected chi connectivity index (χ0v) is 16.1. The van der Waals surface area contributed by atoms with Gasteiger partial charge in [-0.2, -0.15) is 0 Å². The maximum absolute atomic E-state index is 12.3. The number of halogens is 1. The third kappa shape index (κ3) is 5.87. The van der Waals surface area contributed by atoms with Gasteiger partial charge < -0.3 is 10.1 Å². The number of nitrogens with one attached hydrogen (secondary N) is 1. The lowest BCUT2D eigenvalue weighted by atomic mass is 10.1. The van der Waals surface area contributed by atoms with Crippen molar-refractivity contribution < 1.29 is 17.9 Å². The molecule has 0 radical (unpaired) electrons. The highest BCUT2D eigenvalue weighted by Crippen LogP contribution is 2.18. The maximum Gasteiger partial charge on any atom is 0.260 e. The summed E-state index contributed by atoms with van der Waals surface area (Å²) in [4.78, 5) is 12.3. The Morgan fingerprint density at radius 3 is 2.48 bits per heavy atom. The Morgan fingerprint density at radius 1 is 1.32 bits per heavy atom. The van der Waals surface area contributed by atoms with Crippen LogP contribution in [0.15, 0.2) is 24.3 Å². The molecule has 1 fully saturated rings. The number of sulfonamides is 1. The van der Waals surface area contributed by atoms with Crippen LogP contribution in [0.5, 0.6) is 5.75 Å².